The maximum atomic E-state index is 7.61. The lowest BCUT2D eigenvalue weighted by atomic mass is 10.7. The fraction of sp³-hybridized carbons (Fsp3) is 0.500. The van der Waals surface area contributed by atoms with Crippen molar-refractivity contribution in [2.75, 3.05) is 6.54 Å². The van der Waals surface area contributed by atoms with Crippen LogP contribution in [0.25, 0.3) is 10.4 Å². The van der Waals surface area contributed by atoms with Crippen LogP contribution in [0.5, 0.6) is 0 Å². The maximum Gasteiger partial charge on any atom is 0.0437 e. The van der Waals surface area contributed by atoms with Gasteiger partial charge in [-0.05, 0) is 5.53 Å². The minimum absolute atomic E-state index is 0. The van der Waals surface area contributed by atoms with Gasteiger partial charge in [-0.25, -0.2) is 0 Å². The van der Waals surface area contributed by atoms with Gasteiger partial charge < -0.3 is 0 Å². The molecule has 0 unspecified atom stereocenters. The summed E-state index contributed by atoms with van der Waals surface area (Å²) in [6.07, 6.45) is 1.54. The lowest BCUT2D eigenvalue weighted by Crippen LogP contribution is -1.58. The molecular formula is C4H9N3. The molecule has 40 valence electrons. The average Bonchev–Trinajstić information content (AvgIpc) is 1.61. The van der Waals surface area contributed by atoms with E-state index in [1.165, 1.54) is 0 Å². The fourth-order valence-electron chi connectivity index (χ4n) is 0.0942. The first-order valence-electron chi connectivity index (χ1n) is 1.53. The van der Waals surface area contributed by atoms with E-state index in [9.17, 15) is 0 Å². The van der Waals surface area contributed by atoms with Crippen LogP contribution in [0.1, 0.15) is 7.43 Å². The summed E-state index contributed by atoms with van der Waals surface area (Å²) in [6, 6.07) is 0. The zero-order valence-electron chi connectivity index (χ0n) is 3.33. The molecule has 0 aliphatic rings. The zero-order chi connectivity index (χ0) is 4.83. The van der Waals surface area contributed by atoms with Crippen molar-refractivity contribution in [3.05, 3.63) is 23.1 Å². The molecule has 0 aliphatic heterocycles. The predicted molar refractivity (Wildman–Crippen MR) is 30.9 cm³/mol. The molecule has 0 aromatic rings. The molecule has 0 fully saturated rings. The smallest absolute Gasteiger partial charge is 0.0437 e. The Morgan fingerprint density at radius 3 is 2.57 bits per heavy atom. The van der Waals surface area contributed by atoms with Crippen LogP contribution in [0.2, 0.25) is 0 Å². The molecule has 0 amide bonds. The number of azide groups is 1. The number of hydrogen-bond donors (Lipinski definition) is 0. The first-order chi connectivity index (χ1) is 2.91. The van der Waals surface area contributed by atoms with E-state index >= 15 is 0 Å². The molecule has 0 aromatic carbocycles. The van der Waals surface area contributed by atoms with E-state index in [4.69, 9.17) is 5.53 Å². The van der Waals surface area contributed by atoms with E-state index in [1.807, 2.05) is 0 Å². The average molecular weight is 99.1 g/mol. The highest BCUT2D eigenvalue weighted by atomic mass is 15.1. The molecule has 0 bridgehead atoms. The Morgan fingerprint density at radius 1 is 1.86 bits per heavy atom. The predicted octanol–water partition coefficient (Wildman–Crippen LogP) is 2.12. The van der Waals surface area contributed by atoms with Crippen LogP contribution in [0, 0.1) is 0 Å². The topological polar surface area (TPSA) is 48.8 Å². The number of rotatable bonds is 2. The lowest BCUT2D eigenvalue weighted by Gasteiger charge is -1.63. The van der Waals surface area contributed by atoms with Crippen LogP contribution >= 0.6 is 0 Å². The van der Waals surface area contributed by atoms with E-state index in [0.29, 0.717) is 6.54 Å². The van der Waals surface area contributed by atoms with Gasteiger partial charge >= 0.3 is 0 Å². The molecule has 0 radical (unpaired) electrons. The molecule has 0 atom stereocenters. The summed E-state index contributed by atoms with van der Waals surface area (Å²) in [5.74, 6) is 0. The van der Waals surface area contributed by atoms with Crippen LogP contribution < -0.4 is 0 Å². The van der Waals surface area contributed by atoms with Crippen LogP contribution in [-0.4, -0.2) is 6.54 Å². The minimum atomic E-state index is 0. The Hall–Kier alpha value is -0.950. The Balaban J connectivity index is 0. The second kappa shape index (κ2) is 8.90. The van der Waals surface area contributed by atoms with E-state index < -0.39 is 0 Å². The van der Waals surface area contributed by atoms with Crippen molar-refractivity contribution in [2.24, 2.45) is 5.11 Å². The van der Waals surface area contributed by atoms with E-state index in [1.54, 1.807) is 6.08 Å². The third-order valence-electron chi connectivity index (χ3n) is 0.274. The first-order valence-corrected chi connectivity index (χ1v) is 1.53. The van der Waals surface area contributed by atoms with Crippen molar-refractivity contribution >= 4 is 0 Å². The molecule has 0 spiro atoms. The van der Waals surface area contributed by atoms with Gasteiger partial charge in [-0.2, -0.15) is 0 Å². The van der Waals surface area contributed by atoms with Gasteiger partial charge in [0.15, 0.2) is 0 Å². The second-order valence-electron chi connectivity index (χ2n) is 0.702. The van der Waals surface area contributed by atoms with E-state index in [-0.39, 0.29) is 7.43 Å². The van der Waals surface area contributed by atoms with E-state index in [0.717, 1.165) is 0 Å². The highest BCUT2D eigenvalue weighted by molar-refractivity contribution is 4.68. The molecule has 0 aliphatic carbocycles. The Morgan fingerprint density at radius 2 is 2.43 bits per heavy atom. The van der Waals surface area contributed by atoms with Crippen molar-refractivity contribution in [3.63, 3.8) is 0 Å². The van der Waals surface area contributed by atoms with Crippen LogP contribution in [0.3, 0.4) is 0 Å². The quantitative estimate of drug-likeness (QED) is 0.220. The van der Waals surface area contributed by atoms with Gasteiger partial charge in [0.1, 0.15) is 0 Å². The summed E-state index contributed by atoms with van der Waals surface area (Å²) in [4.78, 5) is 2.48. The van der Waals surface area contributed by atoms with Gasteiger partial charge in [0.2, 0.25) is 0 Å². The summed E-state index contributed by atoms with van der Waals surface area (Å²) in [6.45, 7) is 3.72. The maximum absolute atomic E-state index is 7.61. The van der Waals surface area contributed by atoms with Crippen LogP contribution in [-0.2, 0) is 0 Å². The minimum Gasteiger partial charge on any atom is -0.103 e. The number of nitrogens with zero attached hydrogens (tertiary/aromatic N) is 3. The molecule has 0 saturated heterocycles. The molecule has 3 nitrogen and oxygen atoms in total. The van der Waals surface area contributed by atoms with Gasteiger partial charge in [0.05, 0.1) is 0 Å². The summed E-state index contributed by atoms with van der Waals surface area (Å²) in [5, 5.41) is 3.15. The normalized spacial score (nSPS) is 5.14. The summed E-state index contributed by atoms with van der Waals surface area (Å²) >= 11 is 0. The van der Waals surface area contributed by atoms with Crippen molar-refractivity contribution in [2.45, 2.75) is 7.43 Å². The lowest BCUT2D eigenvalue weighted by molar-refractivity contribution is 1.22. The van der Waals surface area contributed by atoms with Crippen molar-refractivity contribution < 1.29 is 0 Å². The fourth-order valence-corrected chi connectivity index (χ4v) is 0.0942. The summed E-state index contributed by atoms with van der Waals surface area (Å²) in [5.41, 5.74) is 7.61. The van der Waals surface area contributed by atoms with Gasteiger partial charge in [0.25, 0.3) is 0 Å². The third kappa shape index (κ3) is 11.2. The van der Waals surface area contributed by atoms with Gasteiger partial charge in [-0.15, -0.1) is 6.58 Å². The summed E-state index contributed by atoms with van der Waals surface area (Å²) in [7, 11) is 0. The SMILES string of the molecule is C.C=CCN=[N+]=[N-]. The van der Waals surface area contributed by atoms with Gasteiger partial charge in [-0.3, -0.25) is 0 Å². The van der Waals surface area contributed by atoms with Crippen molar-refractivity contribution in [1.82, 2.24) is 0 Å². The molecule has 0 saturated carbocycles. The van der Waals surface area contributed by atoms with Crippen molar-refractivity contribution in [1.29, 1.82) is 0 Å². The molecule has 0 heterocycles. The van der Waals surface area contributed by atoms with Gasteiger partial charge in [-0.1, -0.05) is 18.6 Å². The van der Waals surface area contributed by atoms with Crippen LogP contribution in [0.4, 0.5) is 0 Å². The number of hydrogen-bond acceptors (Lipinski definition) is 1. The third-order valence-corrected chi connectivity index (χ3v) is 0.274. The van der Waals surface area contributed by atoms with Crippen LogP contribution in [0.15, 0.2) is 17.8 Å². The monoisotopic (exact) mass is 99.1 g/mol. The highest BCUT2D eigenvalue weighted by Gasteiger charge is 1.57. The molecule has 0 aromatic heterocycles. The molecule has 0 N–H and O–H groups in total. The Bertz CT molecular complexity index is 80.9. The van der Waals surface area contributed by atoms with Gasteiger partial charge in [0, 0.05) is 11.5 Å². The molecule has 3 heteroatoms. The second-order valence-corrected chi connectivity index (χ2v) is 0.702. The molecular weight excluding hydrogens is 90.1 g/mol. The van der Waals surface area contributed by atoms with Crippen molar-refractivity contribution in [3.8, 4) is 0 Å². The Kier molecular flexibility index (Phi) is 12.0. The van der Waals surface area contributed by atoms with E-state index in [2.05, 4.69) is 16.6 Å². The first kappa shape index (κ1) is 9.41. The largest absolute Gasteiger partial charge is 0.103 e. The molecule has 7 heavy (non-hydrogen) atoms. The Labute approximate surface area is 43.3 Å². The molecule has 0 rings (SSSR count). The highest BCUT2D eigenvalue weighted by Crippen LogP contribution is 1.67. The standard InChI is InChI=1S/C3H5N3.CH4/c1-2-3-5-6-4;/h2H,1,3H2;1H4. The zero-order valence-corrected chi connectivity index (χ0v) is 3.33. The summed E-state index contributed by atoms with van der Waals surface area (Å²) < 4.78 is 0.